The maximum absolute atomic E-state index is 2.34. The van der Waals surface area contributed by atoms with Gasteiger partial charge in [-0.25, -0.2) is 0 Å². The van der Waals surface area contributed by atoms with E-state index in [9.17, 15) is 0 Å². The van der Waals surface area contributed by atoms with Gasteiger partial charge in [0.25, 0.3) is 0 Å². The van der Waals surface area contributed by atoms with Crippen LogP contribution in [0.2, 0.25) is 0 Å². The highest BCUT2D eigenvalue weighted by molar-refractivity contribution is 5.32. The van der Waals surface area contributed by atoms with E-state index < -0.39 is 0 Å². The molecular formula is C22H30. The highest BCUT2D eigenvalue weighted by Crippen LogP contribution is 2.33. The molecule has 0 aliphatic rings. The van der Waals surface area contributed by atoms with Crippen molar-refractivity contribution in [2.75, 3.05) is 0 Å². The number of hydrogen-bond donors (Lipinski definition) is 0. The van der Waals surface area contributed by atoms with Crippen LogP contribution in [-0.2, 0) is 0 Å². The van der Waals surface area contributed by atoms with Crippen LogP contribution in [0.15, 0.2) is 48.5 Å². The Morgan fingerprint density at radius 3 is 0.864 bits per heavy atom. The van der Waals surface area contributed by atoms with Crippen LogP contribution in [0.1, 0.15) is 87.5 Å². The number of rotatable bonds is 5. The van der Waals surface area contributed by atoms with Crippen molar-refractivity contribution >= 4 is 0 Å². The molecule has 0 fully saturated rings. The predicted molar refractivity (Wildman–Crippen MR) is 97.9 cm³/mol. The van der Waals surface area contributed by atoms with Gasteiger partial charge in [0.2, 0.25) is 0 Å². The van der Waals surface area contributed by atoms with Crippen molar-refractivity contribution in [3.63, 3.8) is 0 Å². The minimum absolute atomic E-state index is 0.533. The molecule has 0 radical (unpaired) electrons. The number of benzene rings is 2. The first kappa shape index (κ1) is 16.8. The van der Waals surface area contributed by atoms with Crippen molar-refractivity contribution in [2.45, 2.75) is 65.2 Å². The van der Waals surface area contributed by atoms with Crippen molar-refractivity contribution in [1.29, 1.82) is 0 Å². The highest BCUT2D eigenvalue weighted by Gasteiger charge is 2.16. The van der Waals surface area contributed by atoms with Gasteiger partial charge in [0.05, 0.1) is 0 Å². The third-order valence-electron chi connectivity index (χ3n) is 5.01. The molecule has 0 saturated carbocycles. The van der Waals surface area contributed by atoms with Crippen molar-refractivity contribution in [2.24, 2.45) is 0 Å². The Bertz CT molecular complexity index is 517. The van der Waals surface area contributed by atoms with Gasteiger partial charge in [0.1, 0.15) is 0 Å². The summed E-state index contributed by atoms with van der Waals surface area (Å²) in [5.74, 6) is 2.27. The molecule has 0 aromatic heterocycles. The second-order valence-electron chi connectivity index (χ2n) is 7.22. The maximum atomic E-state index is 2.34. The normalized spacial score (nSPS) is 14.4. The molecule has 22 heavy (non-hydrogen) atoms. The maximum Gasteiger partial charge on any atom is -0.0124 e. The lowest BCUT2D eigenvalue weighted by atomic mass is 9.83. The van der Waals surface area contributed by atoms with Gasteiger partial charge in [-0.3, -0.25) is 0 Å². The van der Waals surface area contributed by atoms with E-state index in [0.29, 0.717) is 23.7 Å². The molecule has 2 aromatic rings. The molecule has 0 amide bonds. The van der Waals surface area contributed by atoms with E-state index in [1.807, 2.05) is 0 Å². The molecule has 0 heterocycles. The lowest BCUT2D eigenvalue weighted by Gasteiger charge is -2.22. The lowest BCUT2D eigenvalue weighted by molar-refractivity contribution is 0.622. The minimum Gasteiger partial charge on any atom is -0.0587 e. The first-order chi connectivity index (χ1) is 10.4. The highest BCUT2D eigenvalue weighted by atomic mass is 14.2. The van der Waals surface area contributed by atoms with Crippen molar-refractivity contribution in [1.82, 2.24) is 0 Å². The average Bonchev–Trinajstić information content (AvgIpc) is 2.53. The molecular weight excluding hydrogens is 264 g/mol. The Morgan fingerprint density at radius 1 is 0.409 bits per heavy atom. The van der Waals surface area contributed by atoms with E-state index in [0.717, 1.165) is 0 Å². The van der Waals surface area contributed by atoms with Crippen LogP contribution in [-0.4, -0.2) is 0 Å². The van der Waals surface area contributed by atoms with Gasteiger partial charge in [-0.1, -0.05) is 90.1 Å². The zero-order valence-electron chi connectivity index (χ0n) is 14.9. The smallest absolute Gasteiger partial charge is 0.0124 e. The lowest BCUT2D eigenvalue weighted by Crippen LogP contribution is -2.05. The van der Waals surface area contributed by atoms with Crippen LogP contribution >= 0.6 is 0 Å². The monoisotopic (exact) mass is 294 g/mol. The Balaban J connectivity index is 2.15. The van der Waals surface area contributed by atoms with E-state index in [4.69, 9.17) is 0 Å². The van der Waals surface area contributed by atoms with Crippen LogP contribution in [0.3, 0.4) is 0 Å². The third kappa shape index (κ3) is 3.80. The molecule has 0 saturated heterocycles. The summed E-state index contributed by atoms with van der Waals surface area (Å²) >= 11 is 0. The first-order valence-electron chi connectivity index (χ1n) is 8.59. The fourth-order valence-electron chi connectivity index (χ4n) is 2.95. The SMILES string of the molecule is CC(C)c1ccc([C@@H](C)[C@H](C)c2ccc(C(C)C)cc2)cc1. The molecule has 118 valence electrons. The van der Waals surface area contributed by atoms with E-state index in [1.54, 1.807) is 0 Å². The summed E-state index contributed by atoms with van der Waals surface area (Å²) in [6.45, 7) is 13.7. The summed E-state index contributed by atoms with van der Waals surface area (Å²) in [5.41, 5.74) is 5.71. The van der Waals surface area contributed by atoms with Gasteiger partial charge >= 0.3 is 0 Å². The second-order valence-corrected chi connectivity index (χ2v) is 7.22. The average molecular weight is 294 g/mol. The zero-order chi connectivity index (χ0) is 16.3. The van der Waals surface area contributed by atoms with Crippen LogP contribution in [0, 0.1) is 0 Å². The summed E-state index contributed by atoms with van der Waals surface area (Å²) in [6.07, 6.45) is 0. The Hall–Kier alpha value is -1.56. The van der Waals surface area contributed by atoms with Crippen LogP contribution in [0.5, 0.6) is 0 Å². The van der Waals surface area contributed by atoms with Crippen molar-refractivity contribution in [3.05, 3.63) is 70.8 Å². The van der Waals surface area contributed by atoms with Gasteiger partial charge in [0, 0.05) is 0 Å². The Labute approximate surface area is 136 Å². The molecule has 2 atom stereocenters. The fraction of sp³-hybridized carbons (Fsp3) is 0.455. The topological polar surface area (TPSA) is 0 Å². The second kappa shape index (κ2) is 7.13. The molecule has 0 spiro atoms. The third-order valence-corrected chi connectivity index (χ3v) is 5.01. The molecule has 0 unspecified atom stereocenters. The van der Waals surface area contributed by atoms with Gasteiger partial charge in [0.15, 0.2) is 0 Å². The molecule has 2 rings (SSSR count). The fourth-order valence-corrected chi connectivity index (χ4v) is 2.95. The van der Waals surface area contributed by atoms with Gasteiger partial charge < -0.3 is 0 Å². The summed E-state index contributed by atoms with van der Waals surface area (Å²) < 4.78 is 0. The largest absolute Gasteiger partial charge is 0.0587 e. The van der Waals surface area contributed by atoms with E-state index >= 15 is 0 Å². The quantitative estimate of drug-likeness (QED) is 0.566. The molecule has 0 bridgehead atoms. The van der Waals surface area contributed by atoms with Gasteiger partial charge in [-0.2, -0.15) is 0 Å². The van der Waals surface area contributed by atoms with Gasteiger partial charge in [-0.05, 0) is 45.9 Å². The van der Waals surface area contributed by atoms with E-state index in [-0.39, 0.29) is 0 Å². The summed E-state index contributed by atoms with van der Waals surface area (Å²) in [6, 6.07) is 18.3. The van der Waals surface area contributed by atoms with E-state index in [1.165, 1.54) is 22.3 Å². The molecule has 0 aliphatic heterocycles. The summed E-state index contributed by atoms with van der Waals surface area (Å²) in [4.78, 5) is 0. The summed E-state index contributed by atoms with van der Waals surface area (Å²) in [7, 11) is 0. The molecule has 0 N–H and O–H groups in total. The van der Waals surface area contributed by atoms with Crippen LogP contribution in [0.25, 0.3) is 0 Å². The number of hydrogen-bond acceptors (Lipinski definition) is 0. The molecule has 0 heteroatoms. The Kier molecular flexibility index (Phi) is 5.45. The molecule has 2 aromatic carbocycles. The van der Waals surface area contributed by atoms with Gasteiger partial charge in [-0.15, -0.1) is 0 Å². The van der Waals surface area contributed by atoms with Crippen molar-refractivity contribution < 1.29 is 0 Å². The molecule has 0 nitrogen and oxygen atoms in total. The standard InChI is InChI=1S/C22H30/c1-15(2)19-7-11-21(12-8-19)17(5)18(6)22-13-9-20(10-14-22)16(3)4/h7-18H,1-6H3/t17-,18-/m0/s1. The predicted octanol–water partition coefficient (Wildman–Crippen LogP) is 6.84. The molecule has 0 aliphatic carbocycles. The first-order valence-corrected chi connectivity index (χ1v) is 8.59. The van der Waals surface area contributed by atoms with Crippen molar-refractivity contribution in [3.8, 4) is 0 Å². The van der Waals surface area contributed by atoms with E-state index in [2.05, 4.69) is 90.1 Å². The zero-order valence-corrected chi connectivity index (χ0v) is 14.9. The summed E-state index contributed by atoms with van der Waals surface area (Å²) in [5, 5.41) is 0. The minimum atomic E-state index is 0.533. The van der Waals surface area contributed by atoms with Crippen LogP contribution in [0.4, 0.5) is 0 Å². The van der Waals surface area contributed by atoms with Crippen LogP contribution < -0.4 is 0 Å². The Morgan fingerprint density at radius 2 is 0.636 bits per heavy atom.